The highest BCUT2D eigenvalue weighted by molar-refractivity contribution is 6.36. The normalized spacial score (nSPS) is 21.0. The van der Waals surface area contributed by atoms with Gasteiger partial charge in [-0.1, -0.05) is 28.4 Å². The van der Waals surface area contributed by atoms with Crippen molar-refractivity contribution in [1.29, 1.82) is 0 Å². The zero-order chi connectivity index (χ0) is 15.7. The van der Waals surface area contributed by atoms with Gasteiger partial charge in [-0.15, -0.1) is 5.10 Å². The lowest BCUT2D eigenvalue weighted by Gasteiger charge is -2.20. The van der Waals surface area contributed by atoms with Gasteiger partial charge in [0.2, 0.25) is 0 Å². The molecule has 1 amide bonds. The van der Waals surface area contributed by atoms with E-state index in [-0.39, 0.29) is 27.7 Å². The highest BCUT2D eigenvalue weighted by atomic mass is 35.5. The molecule has 0 bridgehead atoms. The Hall–Kier alpha value is -1.70. The molecule has 9 heteroatoms. The van der Waals surface area contributed by atoms with Gasteiger partial charge in [0, 0.05) is 19.3 Å². The summed E-state index contributed by atoms with van der Waals surface area (Å²) in [6.07, 6.45) is 3.30. The number of nitrogens with one attached hydrogen (secondary N) is 2. The maximum absolute atomic E-state index is 13.5. The molecule has 1 aliphatic rings. The lowest BCUT2D eigenvalue weighted by atomic mass is 10.1. The van der Waals surface area contributed by atoms with E-state index in [1.807, 2.05) is 0 Å². The Kier molecular flexibility index (Phi) is 4.28. The number of benzene rings is 1. The zero-order valence-corrected chi connectivity index (χ0v) is 12.8. The van der Waals surface area contributed by atoms with Crippen LogP contribution in [0, 0.1) is 5.82 Å². The Morgan fingerprint density at radius 3 is 2.91 bits per heavy atom. The molecule has 1 fully saturated rings. The lowest BCUT2D eigenvalue weighted by molar-refractivity contribution is 0.0930. The Balaban J connectivity index is 1.78. The topological polar surface area (TPSA) is 71.8 Å². The van der Waals surface area contributed by atoms with Crippen molar-refractivity contribution in [3.05, 3.63) is 46.0 Å². The Labute approximate surface area is 135 Å². The second-order valence-electron chi connectivity index (χ2n) is 4.93. The Morgan fingerprint density at radius 1 is 1.36 bits per heavy atom. The van der Waals surface area contributed by atoms with Gasteiger partial charge in [-0.3, -0.25) is 4.79 Å². The van der Waals surface area contributed by atoms with E-state index in [2.05, 4.69) is 20.9 Å². The summed E-state index contributed by atoms with van der Waals surface area (Å²) in [6, 6.07) is 1.98. The standard InChI is InChI=1S/C13H12Cl2FN5O/c14-8-4-9(15)10(16)3-7(8)13(22)19-11-5-17-6-12(11)21-2-1-18-20-21/h1-4,11-12,17H,5-6H2,(H,19,22)/t11-,12+/m1/s1. The molecular weight excluding hydrogens is 332 g/mol. The van der Waals surface area contributed by atoms with Crippen LogP contribution in [0.2, 0.25) is 10.0 Å². The Bertz CT molecular complexity index is 694. The first kappa shape index (κ1) is 15.2. The average molecular weight is 344 g/mol. The molecule has 22 heavy (non-hydrogen) atoms. The number of hydrogen-bond acceptors (Lipinski definition) is 4. The van der Waals surface area contributed by atoms with Crippen LogP contribution in [-0.2, 0) is 0 Å². The number of rotatable bonds is 3. The number of carbonyl (C=O) groups is 1. The number of aromatic nitrogens is 3. The third-order valence-corrected chi connectivity index (χ3v) is 4.14. The van der Waals surface area contributed by atoms with Crippen molar-refractivity contribution in [2.24, 2.45) is 0 Å². The minimum Gasteiger partial charge on any atom is -0.346 e. The predicted molar refractivity (Wildman–Crippen MR) is 79.6 cm³/mol. The molecule has 1 saturated heterocycles. The van der Waals surface area contributed by atoms with E-state index in [1.54, 1.807) is 17.1 Å². The van der Waals surface area contributed by atoms with E-state index >= 15 is 0 Å². The van der Waals surface area contributed by atoms with Gasteiger partial charge in [-0.2, -0.15) is 0 Å². The van der Waals surface area contributed by atoms with Gasteiger partial charge in [-0.05, 0) is 12.1 Å². The summed E-state index contributed by atoms with van der Waals surface area (Å²) in [5.74, 6) is -1.15. The SMILES string of the molecule is O=C(N[C@@H]1CNC[C@@H]1n1ccnn1)c1cc(F)c(Cl)cc1Cl. The summed E-state index contributed by atoms with van der Waals surface area (Å²) >= 11 is 11.6. The smallest absolute Gasteiger partial charge is 0.253 e. The highest BCUT2D eigenvalue weighted by Gasteiger charge is 2.31. The largest absolute Gasteiger partial charge is 0.346 e. The Morgan fingerprint density at radius 2 is 2.18 bits per heavy atom. The fraction of sp³-hybridized carbons (Fsp3) is 0.308. The van der Waals surface area contributed by atoms with Gasteiger partial charge < -0.3 is 10.6 Å². The summed E-state index contributed by atoms with van der Waals surface area (Å²) in [7, 11) is 0. The number of carbonyl (C=O) groups excluding carboxylic acids is 1. The van der Waals surface area contributed by atoms with Crippen LogP contribution in [0.4, 0.5) is 4.39 Å². The van der Waals surface area contributed by atoms with Gasteiger partial charge >= 0.3 is 0 Å². The van der Waals surface area contributed by atoms with Gasteiger partial charge in [0.25, 0.3) is 5.91 Å². The van der Waals surface area contributed by atoms with Crippen LogP contribution in [0.5, 0.6) is 0 Å². The van der Waals surface area contributed by atoms with E-state index < -0.39 is 11.7 Å². The molecule has 0 spiro atoms. The van der Waals surface area contributed by atoms with Gasteiger partial charge in [0.15, 0.2) is 0 Å². The van der Waals surface area contributed by atoms with E-state index in [0.29, 0.717) is 13.1 Å². The molecule has 6 nitrogen and oxygen atoms in total. The third-order valence-electron chi connectivity index (χ3n) is 3.53. The first-order chi connectivity index (χ1) is 10.6. The molecule has 2 atom stereocenters. The second-order valence-corrected chi connectivity index (χ2v) is 5.75. The minimum atomic E-state index is -0.686. The van der Waals surface area contributed by atoms with E-state index in [1.165, 1.54) is 6.07 Å². The van der Waals surface area contributed by atoms with Crippen LogP contribution in [0.1, 0.15) is 16.4 Å². The van der Waals surface area contributed by atoms with Crippen LogP contribution in [-0.4, -0.2) is 40.0 Å². The van der Waals surface area contributed by atoms with Gasteiger partial charge in [0.05, 0.1) is 33.9 Å². The van der Waals surface area contributed by atoms with Crippen LogP contribution >= 0.6 is 23.2 Å². The zero-order valence-electron chi connectivity index (χ0n) is 11.3. The highest BCUT2D eigenvalue weighted by Crippen LogP contribution is 2.25. The molecule has 2 aromatic rings. The molecular formula is C13H12Cl2FN5O. The molecule has 0 aliphatic carbocycles. The van der Waals surface area contributed by atoms with Crippen molar-refractivity contribution in [3.63, 3.8) is 0 Å². The molecule has 3 rings (SSSR count). The van der Waals surface area contributed by atoms with Crippen molar-refractivity contribution in [2.75, 3.05) is 13.1 Å². The lowest BCUT2D eigenvalue weighted by Crippen LogP contribution is -2.41. The monoisotopic (exact) mass is 343 g/mol. The summed E-state index contributed by atoms with van der Waals surface area (Å²) in [6.45, 7) is 1.22. The molecule has 2 heterocycles. The quantitative estimate of drug-likeness (QED) is 0.831. The summed E-state index contributed by atoms with van der Waals surface area (Å²) in [5.41, 5.74) is 0.0489. The predicted octanol–water partition coefficient (Wildman–Crippen LogP) is 1.67. The van der Waals surface area contributed by atoms with E-state index in [4.69, 9.17) is 23.2 Å². The average Bonchev–Trinajstić information content (AvgIpc) is 3.13. The van der Waals surface area contributed by atoms with Crippen molar-refractivity contribution >= 4 is 29.1 Å². The maximum atomic E-state index is 13.5. The van der Waals surface area contributed by atoms with Crippen LogP contribution in [0.25, 0.3) is 0 Å². The van der Waals surface area contributed by atoms with Crippen molar-refractivity contribution in [2.45, 2.75) is 12.1 Å². The molecule has 1 aromatic carbocycles. The fourth-order valence-corrected chi connectivity index (χ4v) is 2.90. The van der Waals surface area contributed by atoms with Crippen LogP contribution in [0.15, 0.2) is 24.5 Å². The molecule has 0 radical (unpaired) electrons. The molecule has 2 N–H and O–H groups in total. The summed E-state index contributed by atoms with van der Waals surface area (Å²) < 4.78 is 15.2. The summed E-state index contributed by atoms with van der Waals surface area (Å²) in [5, 5.41) is 13.7. The number of halogens is 3. The first-order valence-corrected chi connectivity index (χ1v) is 7.34. The number of nitrogens with zero attached hydrogens (tertiary/aromatic N) is 3. The molecule has 1 aromatic heterocycles. The van der Waals surface area contributed by atoms with Crippen LogP contribution < -0.4 is 10.6 Å². The summed E-state index contributed by atoms with van der Waals surface area (Å²) in [4.78, 5) is 12.3. The first-order valence-electron chi connectivity index (χ1n) is 6.58. The maximum Gasteiger partial charge on any atom is 0.253 e. The van der Waals surface area contributed by atoms with Gasteiger partial charge in [0.1, 0.15) is 5.82 Å². The second kappa shape index (κ2) is 6.20. The van der Waals surface area contributed by atoms with Crippen molar-refractivity contribution < 1.29 is 9.18 Å². The van der Waals surface area contributed by atoms with Crippen molar-refractivity contribution in [1.82, 2.24) is 25.6 Å². The molecule has 0 saturated carbocycles. The van der Waals surface area contributed by atoms with E-state index in [9.17, 15) is 9.18 Å². The van der Waals surface area contributed by atoms with Crippen LogP contribution in [0.3, 0.4) is 0 Å². The number of hydrogen-bond donors (Lipinski definition) is 2. The third kappa shape index (κ3) is 2.92. The minimum absolute atomic E-state index is 0.0489. The molecule has 0 unspecified atom stereocenters. The van der Waals surface area contributed by atoms with Crippen molar-refractivity contribution in [3.8, 4) is 0 Å². The molecule has 1 aliphatic heterocycles. The number of amides is 1. The fourth-order valence-electron chi connectivity index (χ4n) is 2.43. The molecule has 116 valence electrons. The van der Waals surface area contributed by atoms with Gasteiger partial charge in [-0.25, -0.2) is 9.07 Å². The van der Waals surface area contributed by atoms with E-state index in [0.717, 1.165) is 6.07 Å².